The number of aliphatic carboxylic acids is 1. The number of carbonyl (C=O) groups is 1. The Labute approximate surface area is 73.4 Å². The number of aliphatic hydroxyl groups excluding tert-OH is 3. The molecule has 7 nitrogen and oxygen atoms in total. The van der Waals surface area contributed by atoms with Gasteiger partial charge in [0.2, 0.25) is 5.72 Å². The average molecular weight is 193 g/mol. The van der Waals surface area contributed by atoms with Crippen LogP contribution in [0.5, 0.6) is 0 Å². The Bertz CT molecular complexity index is 221. The molecule has 1 fully saturated rings. The van der Waals surface area contributed by atoms with Crippen molar-refractivity contribution < 1.29 is 30.0 Å². The van der Waals surface area contributed by atoms with Gasteiger partial charge < -0.3 is 25.2 Å². The smallest absolute Gasteiger partial charge is 0.354 e. The molecule has 0 spiro atoms. The van der Waals surface area contributed by atoms with E-state index in [9.17, 15) is 9.90 Å². The molecule has 1 aliphatic heterocycles. The lowest BCUT2D eigenvalue weighted by Gasteiger charge is -2.21. The molecule has 0 radical (unpaired) electrons. The molecule has 0 saturated carbocycles. The molecule has 0 bridgehead atoms. The fraction of sp³-hybridized carbons (Fsp3) is 0.833. The zero-order valence-electron chi connectivity index (χ0n) is 6.62. The predicted molar refractivity (Wildman–Crippen MR) is 38.5 cm³/mol. The standard InChI is InChI=1S/C6H11NO6/c7-6(5(11)12)4(10)3(9)2(1-8)13-6/h2-4,8-10H,1,7H2,(H,11,12)/t2-,3?,4?,6-/m1/s1. The molecule has 1 heterocycles. The lowest BCUT2D eigenvalue weighted by atomic mass is 10.0. The number of carboxylic acids is 1. The highest BCUT2D eigenvalue weighted by Gasteiger charge is 2.56. The van der Waals surface area contributed by atoms with Gasteiger partial charge in [0.25, 0.3) is 0 Å². The van der Waals surface area contributed by atoms with Crippen molar-refractivity contribution in [3.63, 3.8) is 0 Å². The third-order valence-corrected chi connectivity index (χ3v) is 2.00. The number of carboxylic acid groups (broad SMARTS) is 1. The number of hydrogen-bond donors (Lipinski definition) is 5. The zero-order valence-corrected chi connectivity index (χ0v) is 6.62. The van der Waals surface area contributed by atoms with Gasteiger partial charge in [0, 0.05) is 0 Å². The summed E-state index contributed by atoms with van der Waals surface area (Å²) in [5.41, 5.74) is 2.82. The summed E-state index contributed by atoms with van der Waals surface area (Å²) in [5, 5.41) is 35.6. The lowest BCUT2D eigenvalue weighted by Crippen LogP contribution is -2.57. The third kappa shape index (κ3) is 1.40. The van der Waals surface area contributed by atoms with E-state index in [0.29, 0.717) is 0 Å². The SMILES string of the molecule is N[C@@]1(C(=O)O)O[C@H](CO)C(O)C1O. The van der Waals surface area contributed by atoms with Gasteiger partial charge in [-0.25, -0.2) is 4.79 Å². The Balaban J connectivity index is 2.87. The van der Waals surface area contributed by atoms with Crippen molar-refractivity contribution >= 4 is 5.97 Å². The summed E-state index contributed by atoms with van der Waals surface area (Å²) in [6.45, 7) is -0.607. The van der Waals surface area contributed by atoms with Crippen molar-refractivity contribution in [3.8, 4) is 0 Å². The van der Waals surface area contributed by atoms with Gasteiger partial charge in [-0.2, -0.15) is 0 Å². The van der Waals surface area contributed by atoms with Crippen molar-refractivity contribution in [2.75, 3.05) is 6.61 Å². The molecule has 0 amide bonds. The average Bonchev–Trinajstić information content (AvgIpc) is 2.31. The third-order valence-electron chi connectivity index (χ3n) is 2.00. The monoisotopic (exact) mass is 193 g/mol. The maximum absolute atomic E-state index is 10.5. The molecule has 1 aliphatic rings. The topological polar surface area (TPSA) is 133 Å². The second kappa shape index (κ2) is 3.20. The van der Waals surface area contributed by atoms with Gasteiger partial charge in [-0.05, 0) is 0 Å². The van der Waals surface area contributed by atoms with Gasteiger partial charge in [0.1, 0.15) is 18.3 Å². The van der Waals surface area contributed by atoms with E-state index in [1.54, 1.807) is 0 Å². The summed E-state index contributed by atoms with van der Waals surface area (Å²) in [6.07, 6.45) is -4.41. The second-order valence-corrected chi connectivity index (χ2v) is 2.87. The van der Waals surface area contributed by atoms with Crippen molar-refractivity contribution in [1.29, 1.82) is 0 Å². The molecular weight excluding hydrogens is 182 g/mol. The molecule has 1 saturated heterocycles. The Morgan fingerprint density at radius 2 is 2.08 bits per heavy atom. The van der Waals surface area contributed by atoms with Gasteiger partial charge >= 0.3 is 5.97 Å². The van der Waals surface area contributed by atoms with Crippen LogP contribution in [0.2, 0.25) is 0 Å². The fourth-order valence-corrected chi connectivity index (χ4v) is 1.17. The predicted octanol–water partition coefficient (Wildman–Crippen LogP) is -3.16. The van der Waals surface area contributed by atoms with Crippen LogP contribution in [0.4, 0.5) is 0 Å². The number of rotatable bonds is 2. The van der Waals surface area contributed by atoms with E-state index in [1.165, 1.54) is 0 Å². The molecule has 0 aliphatic carbocycles. The molecular formula is C6H11NO6. The van der Waals surface area contributed by atoms with E-state index in [4.69, 9.17) is 21.1 Å². The number of aliphatic hydroxyl groups is 3. The van der Waals surface area contributed by atoms with E-state index in [2.05, 4.69) is 4.74 Å². The maximum Gasteiger partial charge on any atom is 0.354 e. The first-order valence-electron chi connectivity index (χ1n) is 3.60. The Hall–Kier alpha value is -0.730. The van der Waals surface area contributed by atoms with Crippen LogP contribution in [0.25, 0.3) is 0 Å². The molecule has 4 atom stereocenters. The van der Waals surface area contributed by atoms with Crippen LogP contribution in [0.3, 0.4) is 0 Å². The first-order valence-corrected chi connectivity index (χ1v) is 3.60. The maximum atomic E-state index is 10.5. The van der Waals surface area contributed by atoms with Crippen LogP contribution in [-0.2, 0) is 9.53 Å². The molecule has 13 heavy (non-hydrogen) atoms. The van der Waals surface area contributed by atoms with Gasteiger partial charge in [-0.3, -0.25) is 5.73 Å². The van der Waals surface area contributed by atoms with Crippen LogP contribution < -0.4 is 5.73 Å². The summed E-state index contributed by atoms with van der Waals surface area (Å²) in [4.78, 5) is 10.5. The van der Waals surface area contributed by atoms with Gasteiger partial charge in [-0.15, -0.1) is 0 Å². The van der Waals surface area contributed by atoms with E-state index in [0.717, 1.165) is 0 Å². The van der Waals surface area contributed by atoms with Gasteiger partial charge in [-0.1, -0.05) is 0 Å². The molecule has 6 N–H and O–H groups in total. The minimum Gasteiger partial charge on any atom is -0.478 e. The summed E-state index contributed by atoms with van der Waals surface area (Å²) >= 11 is 0. The van der Waals surface area contributed by atoms with E-state index >= 15 is 0 Å². The first-order chi connectivity index (χ1) is 5.93. The molecule has 2 unspecified atom stereocenters. The fourth-order valence-electron chi connectivity index (χ4n) is 1.17. The number of nitrogens with two attached hydrogens (primary N) is 1. The lowest BCUT2D eigenvalue weighted by molar-refractivity contribution is -0.173. The van der Waals surface area contributed by atoms with Crippen molar-refractivity contribution in [3.05, 3.63) is 0 Å². The molecule has 0 aromatic heterocycles. The Morgan fingerprint density at radius 1 is 1.54 bits per heavy atom. The number of hydrogen-bond acceptors (Lipinski definition) is 6. The van der Waals surface area contributed by atoms with E-state index < -0.39 is 36.6 Å². The van der Waals surface area contributed by atoms with Crippen molar-refractivity contribution in [1.82, 2.24) is 0 Å². The summed E-state index contributed by atoms with van der Waals surface area (Å²) in [7, 11) is 0. The minimum atomic E-state index is -2.34. The normalized spacial score (nSPS) is 45.1. The second-order valence-electron chi connectivity index (χ2n) is 2.87. The molecule has 0 aromatic rings. The molecule has 1 rings (SSSR count). The van der Waals surface area contributed by atoms with Crippen molar-refractivity contribution in [2.45, 2.75) is 24.0 Å². The van der Waals surface area contributed by atoms with Gasteiger partial charge in [0.15, 0.2) is 0 Å². The minimum absolute atomic E-state index is 0.607. The largest absolute Gasteiger partial charge is 0.478 e. The highest BCUT2D eigenvalue weighted by Crippen LogP contribution is 2.27. The zero-order chi connectivity index (χ0) is 10.2. The van der Waals surface area contributed by atoms with E-state index in [1.807, 2.05) is 0 Å². The summed E-state index contributed by atoms with van der Waals surface area (Å²) in [6, 6.07) is 0. The quantitative estimate of drug-likeness (QED) is 0.312. The Kier molecular flexibility index (Phi) is 2.55. The van der Waals surface area contributed by atoms with E-state index in [-0.39, 0.29) is 0 Å². The highest BCUT2D eigenvalue weighted by atomic mass is 16.6. The van der Waals surface area contributed by atoms with Gasteiger partial charge in [0.05, 0.1) is 6.61 Å². The summed E-state index contributed by atoms with van der Waals surface area (Å²) < 4.78 is 4.61. The molecule has 76 valence electrons. The first kappa shape index (κ1) is 10.4. The van der Waals surface area contributed by atoms with Crippen LogP contribution >= 0.6 is 0 Å². The van der Waals surface area contributed by atoms with Crippen LogP contribution in [0, 0.1) is 0 Å². The highest BCUT2D eigenvalue weighted by molar-refractivity contribution is 5.78. The summed E-state index contributed by atoms with van der Waals surface area (Å²) in [5.74, 6) is -1.59. The van der Waals surface area contributed by atoms with Crippen LogP contribution in [-0.4, -0.2) is 57.0 Å². The Morgan fingerprint density at radius 3 is 2.31 bits per heavy atom. The van der Waals surface area contributed by atoms with Crippen molar-refractivity contribution in [2.24, 2.45) is 5.73 Å². The molecule has 7 heteroatoms. The molecule has 0 aromatic carbocycles. The number of ether oxygens (including phenoxy) is 1. The van der Waals surface area contributed by atoms with Crippen LogP contribution in [0.15, 0.2) is 0 Å². The van der Waals surface area contributed by atoms with Crippen LogP contribution in [0.1, 0.15) is 0 Å².